The van der Waals surface area contributed by atoms with Crippen molar-refractivity contribution in [2.45, 2.75) is 88.5 Å². The highest BCUT2D eigenvalue weighted by Crippen LogP contribution is 2.40. The lowest BCUT2D eigenvalue weighted by Gasteiger charge is -2.32. The Hall–Kier alpha value is -4.94. The summed E-state index contributed by atoms with van der Waals surface area (Å²) in [6.07, 6.45) is -15.9. The number of halogens is 19. The predicted octanol–water partition coefficient (Wildman–Crippen LogP) is 9.94. The maximum absolute atomic E-state index is 13.4. The molecule has 0 radical (unpaired) electrons. The standard InChI is InChI=1S/C15H7ClF8N4O.C12H16BF5N2O2.C9H3BrClF3N2O/c16-8-1-2-9-26-11(14(19,20)21)10(12(29)28(9)5-8)7-3-25-27(4-7)6-13(17,18)15(22,23)24;1-9(2)10(3,4)22-13(21-9)8-5-19-20(6-8)7-11(14,15)12(16,17)18;10-6-7(9(12,13)14)15-5-2-1-4(11)3-16(5)8(6)17/h1-5H,6H2;5-6H,7H2,1-4H3;1-3H. The Labute approximate surface area is 387 Å². The maximum Gasteiger partial charge on any atom is 0.498 e. The lowest BCUT2D eigenvalue weighted by Crippen LogP contribution is -2.41. The molecule has 1 saturated heterocycles. The van der Waals surface area contributed by atoms with E-state index in [1.54, 1.807) is 27.7 Å². The minimum absolute atomic E-state index is 0.00683. The Morgan fingerprint density at radius 2 is 1.01 bits per heavy atom. The van der Waals surface area contributed by atoms with Crippen LogP contribution in [0.2, 0.25) is 10.0 Å². The van der Waals surface area contributed by atoms with Crippen LogP contribution in [0.4, 0.5) is 70.2 Å². The first-order valence-electron chi connectivity index (χ1n) is 18.3. The van der Waals surface area contributed by atoms with E-state index in [2.05, 4.69) is 36.1 Å². The average Bonchev–Trinajstić information content (AvgIpc) is 3.89. The van der Waals surface area contributed by atoms with Crippen molar-refractivity contribution in [1.29, 1.82) is 0 Å². The van der Waals surface area contributed by atoms with Crippen LogP contribution < -0.4 is 16.6 Å². The predicted molar refractivity (Wildman–Crippen MR) is 212 cm³/mol. The van der Waals surface area contributed by atoms with Crippen LogP contribution in [0.25, 0.3) is 22.4 Å². The molecule has 1 fully saturated rings. The van der Waals surface area contributed by atoms with Gasteiger partial charge in [0, 0.05) is 42.0 Å². The number of hydrogen-bond acceptors (Lipinski definition) is 8. The van der Waals surface area contributed by atoms with Gasteiger partial charge in [-0.05, 0) is 67.9 Å². The molecule has 0 N–H and O–H groups in total. The van der Waals surface area contributed by atoms with Gasteiger partial charge in [0.25, 0.3) is 11.1 Å². The Morgan fingerprint density at radius 3 is 1.46 bits per heavy atom. The summed E-state index contributed by atoms with van der Waals surface area (Å²) in [7, 11) is -0.863. The molecule has 0 spiro atoms. The van der Waals surface area contributed by atoms with Crippen molar-refractivity contribution in [2.24, 2.45) is 0 Å². The van der Waals surface area contributed by atoms with E-state index in [0.717, 1.165) is 29.1 Å². The van der Waals surface area contributed by atoms with Gasteiger partial charge in [-0.15, -0.1) is 0 Å². The van der Waals surface area contributed by atoms with E-state index in [4.69, 9.17) is 32.5 Å². The minimum atomic E-state index is -5.89. The minimum Gasteiger partial charge on any atom is -0.399 e. The van der Waals surface area contributed by atoms with E-state index >= 15 is 0 Å². The summed E-state index contributed by atoms with van der Waals surface area (Å²) in [6, 6.07) is 4.85. The van der Waals surface area contributed by atoms with Gasteiger partial charge in [0.05, 0.1) is 33.0 Å². The molecule has 6 aromatic rings. The first-order valence-corrected chi connectivity index (χ1v) is 19.8. The SMILES string of the molecule is CC1(C)OB(c2cnn(CC(F)(F)C(F)(F)F)c2)OC1(C)C.O=c1c(-c2cnn(CC(F)(F)C(F)(F)F)c2)c(C(F)(F)F)nc2ccc(Cl)cn12.O=c1c(Br)c(C(F)(F)F)nc2ccc(Cl)cn12. The highest BCUT2D eigenvalue weighted by molar-refractivity contribution is 9.10. The maximum atomic E-state index is 13.4. The summed E-state index contributed by atoms with van der Waals surface area (Å²) >= 11 is 14.0. The molecule has 6 aromatic heterocycles. The van der Waals surface area contributed by atoms with Crippen LogP contribution >= 0.6 is 39.1 Å². The van der Waals surface area contributed by atoms with Crippen LogP contribution in [0.3, 0.4) is 0 Å². The molecule has 1 aliphatic rings. The van der Waals surface area contributed by atoms with Crippen LogP contribution in [-0.4, -0.2) is 80.8 Å². The third-order valence-corrected chi connectivity index (χ3v) is 10.9. The van der Waals surface area contributed by atoms with Crippen molar-refractivity contribution in [3.8, 4) is 11.1 Å². The molecule has 0 aromatic carbocycles. The fourth-order valence-corrected chi connectivity index (χ4v) is 6.42. The lowest BCUT2D eigenvalue weighted by atomic mass is 9.82. The molecule has 0 saturated carbocycles. The van der Waals surface area contributed by atoms with Gasteiger partial charge in [-0.2, -0.15) is 80.4 Å². The zero-order valence-corrected chi connectivity index (χ0v) is 37.3. The normalized spacial score (nSPS) is 15.6. The molecule has 0 aliphatic carbocycles. The summed E-state index contributed by atoms with van der Waals surface area (Å²) in [5.41, 5.74) is -8.22. The van der Waals surface area contributed by atoms with Crippen LogP contribution in [-0.2, 0) is 34.8 Å². The van der Waals surface area contributed by atoms with Gasteiger partial charge in [0.1, 0.15) is 28.9 Å². The Kier molecular flexibility index (Phi) is 14.6. The second-order valence-corrected chi connectivity index (χ2v) is 16.9. The van der Waals surface area contributed by atoms with Crippen LogP contribution in [0.5, 0.6) is 0 Å². The van der Waals surface area contributed by atoms with Gasteiger partial charge >= 0.3 is 43.7 Å². The molecular formula is C36H26BBrCl2F16N8O4. The van der Waals surface area contributed by atoms with Crippen molar-refractivity contribution in [3.05, 3.63) is 108 Å². The monoisotopic (exact) mass is 1100 g/mol. The fourth-order valence-electron chi connectivity index (χ4n) is 5.59. The quantitative estimate of drug-likeness (QED) is 0.119. The Bertz CT molecular complexity index is 2930. The van der Waals surface area contributed by atoms with Crippen LogP contribution in [0.15, 0.2) is 75.5 Å². The van der Waals surface area contributed by atoms with E-state index in [0.29, 0.717) is 21.5 Å². The summed E-state index contributed by atoms with van der Waals surface area (Å²) in [5.74, 6) is -10.0. The van der Waals surface area contributed by atoms with E-state index in [1.165, 1.54) is 24.4 Å². The van der Waals surface area contributed by atoms with Gasteiger partial charge < -0.3 is 9.31 Å². The second kappa shape index (κ2) is 18.4. The molecule has 0 atom stereocenters. The van der Waals surface area contributed by atoms with Gasteiger partial charge in [-0.3, -0.25) is 27.8 Å². The van der Waals surface area contributed by atoms with E-state index in [9.17, 15) is 79.8 Å². The highest BCUT2D eigenvalue weighted by Gasteiger charge is 2.59. The third kappa shape index (κ3) is 11.6. The van der Waals surface area contributed by atoms with E-state index < -0.39 is 112 Å². The zero-order chi connectivity index (χ0) is 51.5. The molecule has 0 amide bonds. The molecule has 7 heterocycles. The summed E-state index contributed by atoms with van der Waals surface area (Å²) in [6.45, 7) is 3.64. The Balaban J connectivity index is 0.000000198. The van der Waals surface area contributed by atoms with Crippen molar-refractivity contribution >= 4 is 63.0 Å². The number of nitrogens with zero attached hydrogens (tertiary/aromatic N) is 8. The topological polar surface area (TPSA) is 123 Å². The highest BCUT2D eigenvalue weighted by atomic mass is 79.9. The molecule has 370 valence electrons. The first-order chi connectivity index (χ1) is 30.8. The van der Waals surface area contributed by atoms with Gasteiger partial charge in [-0.1, -0.05) is 23.2 Å². The molecular weight excluding hydrogens is 1070 g/mol. The molecule has 7 rings (SSSR count). The molecule has 1 aliphatic heterocycles. The smallest absolute Gasteiger partial charge is 0.399 e. The average molecular weight is 1100 g/mol. The van der Waals surface area contributed by atoms with Crippen LogP contribution in [0.1, 0.15) is 39.1 Å². The number of alkyl halides is 16. The van der Waals surface area contributed by atoms with E-state index in [-0.39, 0.29) is 25.8 Å². The van der Waals surface area contributed by atoms with Crippen molar-refractivity contribution < 1.29 is 79.6 Å². The number of fused-ring (bicyclic) bond motifs is 2. The van der Waals surface area contributed by atoms with Gasteiger partial charge in [0.2, 0.25) is 0 Å². The largest absolute Gasteiger partial charge is 0.498 e. The Morgan fingerprint density at radius 1 is 0.603 bits per heavy atom. The van der Waals surface area contributed by atoms with Crippen molar-refractivity contribution in [1.82, 2.24) is 38.3 Å². The number of hydrogen-bond donors (Lipinski definition) is 0. The molecule has 12 nitrogen and oxygen atoms in total. The van der Waals surface area contributed by atoms with Crippen molar-refractivity contribution in [2.75, 3.05) is 0 Å². The molecule has 0 unspecified atom stereocenters. The summed E-state index contributed by atoms with van der Waals surface area (Å²) < 4.78 is 217. The number of pyridine rings is 2. The third-order valence-electron chi connectivity index (χ3n) is 9.71. The second-order valence-electron chi connectivity index (χ2n) is 15.3. The molecule has 32 heteroatoms. The van der Waals surface area contributed by atoms with Crippen molar-refractivity contribution in [3.63, 3.8) is 0 Å². The first kappa shape index (κ1) is 54.0. The van der Waals surface area contributed by atoms with Gasteiger partial charge in [0.15, 0.2) is 11.4 Å². The molecule has 68 heavy (non-hydrogen) atoms. The lowest BCUT2D eigenvalue weighted by molar-refractivity contribution is -0.287. The zero-order valence-electron chi connectivity index (χ0n) is 34.2. The van der Waals surface area contributed by atoms with Gasteiger partial charge in [-0.25, -0.2) is 9.97 Å². The number of aromatic nitrogens is 8. The summed E-state index contributed by atoms with van der Waals surface area (Å²) in [5, 5.41) is 6.98. The summed E-state index contributed by atoms with van der Waals surface area (Å²) in [4.78, 5) is 31.0. The molecule has 0 bridgehead atoms. The number of rotatable bonds is 6. The van der Waals surface area contributed by atoms with E-state index in [1.807, 2.05) is 0 Å². The van der Waals surface area contributed by atoms with Crippen LogP contribution in [0, 0.1) is 0 Å². The fraction of sp³-hybridized carbons (Fsp3) is 0.389.